The van der Waals surface area contributed by atoms with Gasteiger partial charge in [-0.1, -0.05) is 0 Å². The van der Waals surface area contributed by atoms with Crippen LogP contribution in [0, 0.1) is 0 Å². The average Bonchev–Trinajstić information content (AvgIpc) is 2.28. The van der Waals surface area contributed by atoms with Crippen molar-refractivity contribution >= 4 is 23.5 Å². The molecule has 0 spiro atoms. The molecule has 19 heavy (non-hydrogen) atoms. The lowest BCUT2D eigenvalue weighted by molar-refractivity contribution is -0.156. The largest absolute Gasteiger partial charge is 0.497 e. The lowest BCUT2D eigenvalue weighted by atomic mass is 10.3. The fraction of sp³-hybridized carbons (Fsp3) is 0.308. The van der Waals surface area contributed by atoms with Crippen molar-refractivity contribution in [3.8, 4) is 5.75 Å². The molecule has 0 heterocycles. The maximum Gasteiger partial charge on any atom is 0.310 e. The van der Waals surface area contributed by atoms with Crippen molar-refractivity contribution in [2.75, 3.05) is 12.4 Å². The molecule has 0 aliphatic rings. The number of benzene rings is 1. The maximum atomic E-state index is 10.6. The van der Waals surface area contributed by atoms with Gasteiger partial charge >= 0.3 is 11.9 Å². The maximum absolute atomic E-state index is 10.6. The SMILES string of the molecule is CC(=O)OC(C)=O.COc1ccc(NC(C)=O)cc1. The van der Waals surface area contributed by atoms with Gasteiger partial charge in [0.05, 0.1) is 7.11 Å². The lowest BCUT2D eigenvalue weighted by Gasteiger charge is -2.02. The molecule has 1 N–H and O–H groups in total. The third-order valence-corrected chi connectivity index (χ3v) is 1.70. The Labute approximate surface area is 111 Å². The Morgan fingerprint density at radius 2 is 1.42 bits per heavy atom. The first-order valence-corrected chi connectivity index (χ1v) is 5.45. The third-order valence-electron chi connectivity index (χ3n) is 1.70. The van der Waals surface area contributed by atoms with Crippen molar-refractivity contribution in [3.63, 3.8) is 0 Å². The summed E-state index contributed by atoms with van der Waals surface area (Å²) in [7, 11) is 1.60. The molecule has 0 aromatic heterocycles. The summed E-state index contributed by atoms with van der Waals surface area (Å²) in [6.45, 7) is 3.84. The predicted molar refractivity (Wildman–Crippen MR) is 69.7 cm³/mol. The molecular weight excluding hydrogens is 250 g/mol. The highest BCUT2D eigenvalue weighted by Gasteiger charge is 1.95. The molecule has 0 saturated heterocycles. The molecule has 1 rings (SSSR count). The average molecular weight is 267 g/mol. The number of carbonyl (C=O) groups is 3. The third kappa shape index (κ3) is 9.34. The number of hydrogen-bond donors (Lipinski definition) is 1. The first-order chi connectivity index (χ1) is 8.85. The Kier molecular flexibility index (Phi) is 7.60. The molecule has 0 aliphatic heterocycles. The Bertz CT molecular complexity index is 427. The fourth-order valence-electron chi connectivity index (χ4n) is 1.08. The van der Waals surface area contributed by atoms with Crippen LogP contribution in [0.5, 0.6) is 5.75 Å². The summed E-state index contributed by atoms with van der Waals surface area (Å²) in [5.74, 6) is -0.413. The second kappa shape index (κ2) is 8.68. The number of anilines is 1. The molecule has 0 saturated carbocycles. The Hall–Kier alpha value is -2.37. The van der Waals surface area contributed by atoms with Gasteiger partial charge in [-0.05, 0) is 24.3 Å². The Balaban J connectivity index is 0.000000399. The predicted octanol–water partition coefficient (Wildman–Crippen LogP) is 1.75. The van der Waals surface area contributed by atoms with E-state index in [9.17, 15) is 14.4 Å². The number of nitrogens with one attached hydrogen (secondary N) is 1. The highest BCUT2D eigenvalue weighted by Crippen LogP contribution is 2.14. The van der Waals surface area contributed by atoms with Crippen LogP contribution < -0.4 is 10.1 Å². The highest BCUT2D eigenvalue weighted by molar-refractivity contribution is 5.88. The molecular formula is C13H17NO5. The molecule has 0 atom stereocenters. The van der Waals surface area contributed by atoms with Crippen LogP contribution in [0.25, 0.3) is 0 Å². The molecule has 1 aromatic carbocycles. The molecule has 0 fully saturated rings. The normalized spacial score (nSPS) is 8.63. The molecule has 6 nitrogen and oxygen atoms in total. The van der Waals surface area contributed by atoms with Gasteiger partial charge in [-0.15, -0.1) is 0 Å². The van der Waals surface area contributed by atoms with Crippen LogP contribution in [0.4, 0.5) is 5.69 Å². The number of hydrogen-bond acceptors (Lipinski definition) is 5. The van der Waals surface area contributed by atoms with Gasteiger partial charge in [-0.3, -0.25) is 14.4 Å². The minimum Gasteiger partial charge on any atom is -0.497 e. The number of carbonyl (C=O) groups excluding carboxylic acids is 3. The second-order valence-electron chi connectivity index (χ2n) is 3.49. The first-order valence-electron chi connectivity index (χ1n) is 5.45. The molecule has 0 unspecified atom stereocenters. The molecule has 6 heteroatoms. The van der Waals surface area contributed by atoms with Crippen molar-refractivity contribution < 1.29 is 23.9 Å². The zero-order valence-electron chi connectivity index (χ0n) is 11.4. The summed E-state index contributed by atoms with van der Waals surface area (Å²) in [6.07, 6.45) is 0. The minimum absolute atomic E-state index is 0.0693. The Morgan fingerprint density at radius 3 is 1.68 bits per heavy atom. The molecule has 0 aliphatic carbocycles. The van der Waals surface area contributed by atoms with Crippen molar-refractivity contribution in [2.45, 2.75) is 20.8 Å². The van der Waals surface area contributed by atoms with E-state index in [1.54, 1.807) is 31.4 Å². The number of rotatable bonds is 2. The molecule has 1 amide bonds. The number of amides is 1. The topological polar surface area (TPSA) is 81.7 Å². The van der Waals surface area contributed by atoms with E-state index in [1.165, 1.54) is 20.8 Å². The van der Waals surface area contributed by atoms with Gasteiger partial charge in [0, 0.05) is 26.5 Å². The van der Waals surface area contributed by atoms with Gasteiger partial charge in [-0.2, -0.15) is 0 Å². The van der Waals surface area contributed by atoms with E-state index >= 15 is 0 Å². The molecule has 0 radical (unpaired) electrons. The summed E-state index contributed by atoms with van der Waals surface area (Å²) in [4.78, 5) is 30.2. The minimum atomic E-state index is -0.562. The van der Waals surface area contributed by atoms with Gasteiger partial charge in [0.2, 0.25) is 5.91 Å². The van der Waals surface area contributed by atoms with E-state index in [0.717, 1.165) is 11.4 Å². The number of ether oxygens (including phenoxy) is 2. The van der Waals surface area contributed by atoms with E-state index in [4.69, 9.17) is 4.74 Å². The number of esters is 2. The zero-order chi connectivity index (χ0) is 14.8. The van der Waals surface area contributed by atoms with Gasteiger partial charge in [0.25, 0.3) is 0 Å². The van der Waals surface area contributed by atoms with Crippen molar-refractivity contribution in [1.82, 2.24) is 0 Å². The first kappa shape index (κ1) is 16.6. The highest BCUT2D eigenvalue weighted by atomic mass is 16.6. The van der Waals surface area contributed by atoms with Crippen molar-refractivity contribution in [1.29, 1.82) is 0 Å². The van der Waals surface area contributed by atoms with E-state index in [1.807, 2.05) is 0 Å². The Morgan fingerprint density at radius 1 is 0.947 bits per heavy atom. The molecule has 1 aromatic rings. The van der Waals surface area contributed by atoms with Crippen LogP contribution in [0.15, 0.2) is 24.3 Å². The zero-order valence-corrected chi connectivity index (χ0v) is 11.4. The van der Waals surface area contributed by atoms with Crippen LogP contribution in [0.2, 0.25) is 0 Å². The summed E-state index contributed by atoms with van der Waals surface area (Å²) < 4.78 is 8.93. The smallest absolute Gasteiger partial charge is 0.310 e. The van der Waals surface area contributed by atoms with Crippen molar-refractivity contribution in [2.24, 2.45) is 0 Å². The van der Waals surface area contributed by atoms with Crippen LogP contribution in [-0.2, 0) is 19.1 Å². The van der Waals surface area contributed by atoms with Crippen LogP contribution in [0.3, 0.4) is 0 Å². The van der Waals surface area contributed by atoms with Crippen LogP contribution >= 0.6 is 0 Å². The number of methoxy groups -OCH3 is 1. The van der Waals surface area contributed by atoms with Crippen LogP contribution in [0.1, 0.15) is 20.8 Å². The van der Waals surface area contributed by atoms with Crippen LogP contribution in [-0.4, -0.2) is 25.0 Å². The fourth-order valence-corrected chi connectivity index (χ4v) is 1.08. The molecule has 104 valence electrons. The standard InChI is InChI=1S/C9H11NO2.C4H6O3/c1-7(11)10-8-3-5-9(12-2)6-4-8;1-3(5)7-4(2)6/h3-6H,1-2H3,(H,10,11);1-2H3. The summed E-state index contributed by atoms with van der Waals surface area (Å²) >= 11 is 0. The second-order valence-corrected chi connectivity index (χ2v) is 3.49. The van der Waals surface area contributed by atoms with Gasteiger partial charge in [0.15, 0.2) is 0 Å². The lowest BCUT2D eigenvalue weighted by Crippen LogP contribution is -2.05. The van der Waals surface area contributed by atoms with E-state index in [2.05, 4.69) is 10.1 Å². The van der Waals surface area contributed by atoms with Gasteiger partial charge < -0.3 is 14.8 Å². The molecule has 0 bridgehead atoms. The monoisotopic (exact) mass is 267 g/mol. The van der Waals surface area contributed by atoms with Gasteiger partial charge in [0.1, 0.15) is 5.75 Å². The summed E-state index contributed by atoms with van der Waals surface area (Å²) in [5, 5.41) is 2.66. The van der Waals surface area contributed by atoms with E-state index in [-0.39, 0.29) is 5.91 Å². The quantitative estimate of drug-likeness (QED) is 0.652. The summed E-state index contributed by atoms with van der Waals surface area (Å²) in [6, 6.07) is 7.18. The summed E-state index contributed by atoms with van der Waals surface area (Å²) in [5.41, 5.74) is 0.781. The van der Waals surface area contributed by atoms with E-state index in [0.29, 0.717) is 0 Å². The van der Waals surface area contributed by atoms with Gasteiger partial charge in [-0.25, -0.2) is 0 Å². The van der Waals surface area contributed by atoms with E-state index < -0.39 is 11.9 Å². The van der Waals surface area contributed by atoms with Crippen molar-refractivity contribution in [3.05, 3.63) is 24.3 Å².